The number of fused-ring (bicyclic) bond motifs is 2. The van der Waals surface area contributed by atoms with Gasteiger partial charge in [-0.2, -0.15) is 0 Å². The second kappa shape index (κ2) is 6.30. The number of anilines is 1. The summed E-state index contributed by atoms with van der Waals surface area (Å²) in [5.41, 5.74) is 7.16. The number of rotatable bonds is 5. The van der Waals surface area contributed by atoms with Gasteiger partial charge in [0.1, 0.15) is 0 Å². The van der Waals surface area contributed by atoms with Gasteiger partial charge in [-0.05, 0) is 36.5 Å². The summed E-state index contributed by atoms with van der Waals surface area (Å²) in [6, 6.07) is 5.40. The van der Waals surface area contributed by atoms with Crippen LogP contribution in [-0.2, 0) is 4.74 Å². The zero-order valence-corrected chi connectivity index (χ0v) is 17.0. The molecule has 5 rings (SSSR count). The minimum atomic E-state index is -0.841. The number of aromatic nitrogens is 1. The number of piperidine rings is 1. The summed E-state index contributed by atoms with van der Waals surface area (Å²) < 4.78 is 6.38. The summed E-state index contributed by atoms with van der Waals surface area (Å²) in [6.07, 6.45) is 0.0152. The minimum absolute atomic E-state index is 0.00650. The number of nitrogens with two attached hydrogens (primary N) is 1. The topological polar surface area (TPSA) is 118 Å². The number of nitrogens with zero attached hydrogens (tertiary/aromatic N) is 2. The Morgan fingerprint density at radius 3 is 2.93 bits per heavy atom. The van der Waals surface area contributed by atoms with Crippen molar-refractivity contribution in [1.29, 1.82) is 0 Å². The normalized spacial score (nSPS) is 29.3. The van der Waals surface area contributed by atoms with Crippen LogP contribution in [0.4, 0.5) is 9.93 Å². The van der Waals surface area contributed by atoms with Gasteiger partial charge in [-0.25, -0.2) is 9.78 Å². The molecule has 9 heteroatoms. The molecule has 1 aromatic carbocycles. The maximum absolute atomic E-state index is 12.6. The molecule has 3 atom stereocenters. The van der Waals surface area contributed by atoms with Crippen LogP contribution in [0.5, 0.6) is 0 Å². The van der Waals surface area contributed by atoms with Crippen LogP contribution in [0, 0.1) is 22.7 Å². The summed E-state index contributed by atoms with van der Waals surface area (Å²) in [5, 5.41) is 12.9. The second-order valence-electron chi connectivity index (χ2n) is 8.75. The van der Waals surface area contributed by atoms with Crippen LogP contribution in [0.2, 0.25) is 0 Å². The van der Waals surface area contributed by atoms with Gasteiger partial charge in [-0.3, -0.25) is 4.79 Å². The molecule has 8 nitrogen and oxygen atoms in total. The number of benzene rings is 1. The third kappa shape index (κ3) is 2.71. The highest BCUT2D eigenvalue weighted by Crippen LogP contribution is 2.74. The minimum Gasteiger partial charge on any atom is -0.465 e. The molecule has 29 heavy (non-hydrogen) atoms. The largest absolute Gasteiger partial charge is 0.465 e. The molecule has 0 spiro atoms. The molecule has 0 bridgehead atoms. The number of nitrogen functional groups attached to an aromatic ring is 1. The lowest BCUT2D eigenvalue weighted by molar-refractivity contribution is -0.148. The molecule has 4 N–H and O–H groups in total. The van der Waals surface area contributed by atoms with Gasteiger partial charge < -0.3 is 25.8 Å². The number of amides is 2. The molecule has 1 saturated carbocycles. The standard InChI is InChI=1S/C20H24N4O4S/c1-19(9-28-10-19)20-8-24(18(26)27)7-13(20)12(20)4-5-22-16(25)11-2-3-14-15(6-11)29-17(21)23-14/h2-3,6,12-13H,4-5,7-10H2,1H3,(H2,21,23)(H,22,25)(H,26,27). The van der Waals surface area contributed by atoms with Crippen LogP contribution in [0.3, 0.4) is 0 Å². The summed E-state index contributed by atoms with van der Waals surface area (Å²) in [5.74, 6) is 0.682. The van der Waals surface area contributed by atoms with Gasteiger partial charge in [0.25, 0.3) is 5.91 Å². The van der Waals surface area contributed by atoms with Crippen LogP contribution >= 0.6 is 11.3 Å². The van der Waals surface area contributed by atoms with Gasteiger partial charge in [0.05, 0.1) is 23.4 Å². The number of ether oxygens (including phenoxy) is 1. The molecule has 154 valence electrons. The predicted molar refractivity (Wildman–Crippen MR) is 109 cm³/mol. The van der Waals surface area contributed by atoms with Crippen molar-refractivity contribution < 1.29 is 19.4 Å². The summed E-state index contributed by atoms with van der Waals surface area (Å²) >= 11 is 1.37. The second-order valence-corrected chi connectivity index (χ2v) is 9.81. The molecular weight excluding hydrogens is 392 g/mol. The lowest BCUT2D eigenvalue weighted by atomic mass is 9.70. The van der Waals surface area contributed by atoms with Crippen molar-refractivity contribution in [3.63, 3.8) is 0 Å². The Labute approximate surface area is 172 Å². The Hall–Kier alpha value is -2.39. The van der Waals surface area contributed by atoms with Crippen molar-refractivity contribution in [3.05, 3.63) is 23.8 Å². The first kappa shape index (κ1) is 18.6. The predicted octanol–water partition coefficient (Wildman–Crippen LogP) is 2.26. The van der Waals surface area contributed by atoms with E-state index in [1.165, 1.54) is 11.3 Å². The number of carboxylic acid groups (broad SMARTS) is 1. The Morgan fingerprint density at radius 2 is 2.24 bits per heavy atom. The molecule has 3 fully saturated rings. The average Bonchev–Trinajstić information content (AvgIpc) is 2.97. The van der Waals surface area contributed by atoms with Crippen LogP contribution < -0.4 is 11.1 Å². The fraction of sp³-hybridized carbons (Fsp3) is 0.550. The lowest BCUT2D eigenvalue weighted by Crippen LogP contribution is -2.51. The van der Waals surface area contributed by atoms with Gasteiger partial charge >= 0.3 is 6.09 Å². The quantitative estimate of drug-likeness (QED) is 0.688. The molecule has 1 aliphatic carbocycles. The van der Waals surface area contributed by atoms with E-state index in [2.05, 4.69) is 17.2 Å². The van der Waals surface area contributed by atoms with E-state index in [1.54, 1.807) is 11.0 Å². The van der Waals surface area contributed by atoms with E-state index in [0.717, 1.165) is 16.6 Å². The number of hydrogen-bond acceptors (Lipinski definition) is 6. The Balaban J connectivity index is 1.22. The molecule has 2 aliphatic heterocycles. The smallest absolute Gasteiger partial charge is 0.407 e. The van der Waals surface area contributed by atoms with Crippen molar-refractivity contribution in [2.24, 2.45) is 22.7 Å². The third-order valence-corrected chi connectivity index (χ3v) is 8.06. The van der Waals surface area contributed by atoms with E-state index >= 15 is 0 Å². The molecule has 2 amide bonds. The fourth-order valence-corrected chi connectivity index (χ4v) is 6.41. The molecule has 1 aromatic heterocycles. The molecule has 3 aliphatic rings. The zero-order valence-electron chi connectivity index (χ0n) is 16.2. The summed E-state index contributed by atoms with van der Waals surface area (Å²) in [7, 11) is 0. The highest BCUT2D eigenvalue weighted by atomic mass is 32.1. The molecular formula is C20H24N4O4S. The van der Waals surface area contributed by atoms with Gasteiger partial charge in [0.15, 0.2) is 5.13 Å². The van der Waals surface area contributed by atoms with E-state index < -0.39 is 6.09 Å². The molecule has 0 radical (unpaired) electrons. The zero-order chi connectivity index (χ0) is 20.4. The Morgan fingerprint density at radius 1 is 1.45 bits per heavy atom. The van der Waals surface area contributed by atoms with Crippen molar-refractivity contribution in [2.75, 3.05) is 38.6 Å². The monoisotopic (exact) mass is 416 g/mol. The molecule has 3 heterocycles. The summed E-state index contributed by atoms with van der Waals surface area (Å²) in [6.45, 7) is 5.34. The van der Waals surface area contributed by atoms with Crippen molar-refractivity contribution in [2.45, 2.75) is 13.3 Å². The molecule has 2 aromatic rings. The van der Waals surface area contributed by atoms with Crippen LogP contribution in [-0.4, -0.2) is 59.8 Å². The Bertz CT molecular complexity index is 1000. The third-order valence-electron chi connectivity index (χ3n) is 7.21. The molecule has 2 saturated heterocycles. The van der Waals surface area contributed by atoms with Crippen LogP contribution in [0.25, 0.3) is 10.2 Å². The van der Waals surface area contributed by atoms with E-state index in [4.69, 9.17) is 10.5 Å². The number of nitrogens with one attached hydrogen (secondary N) is 1. The maximum Gasteiger partial charge on any atom is 0.407 e. The SMILES string of the molecule is CC1(C23CN(C(=O)O)CC2C3CCNC(=O)c2ccc3nc(N)sc3c2)COC1. The van der Waals surface area contributed by atoms with Gasteiger partial charge in [-0.1, -0.05) is 18.3 Å². The van der Waals surface area contributed by atoms with E-state index in [-0.39, 0.29) is 16.7 Å². The number of likely N-dealkylation sites (tertiary alicyclic amines) is 1. The van der Waals surface area contributed by atoms with Gasteiger partial charge in [0, 0.05) is 36.0 Å². The first-order valence-electron chi connectivity index (χ1n) is 9.84. The highest BCUT2D eigenvalue weighted by Gasteiger charge is 2.77. The van der Waals surface area contributed by atoms with E-state index in [0.29, 0.717) is 55.4 Å². The van der Waals surface area contributed by atoms with Crippen LogP contribution in [0.1, 0.15) is 23.7 Å². The van der Waals surface area contributed by atoms with E-state index in [9.17, 15) is 14.7 Å². The van der Waals surface area contributed by atoms with Gasteiger partial charge in [-0.15, -0.1) is 0 Å². The average molecular weight is 417 g/mol. The number of carbonyl (C=O) groups is 2. The number of carbonyl (C=O) groups excluding carboxylic acids is 1. The Kier molecular flexibility index (Phi) is 4.05. The van der Waals surface area contributed by atoms with Crippen LogP contribution in [0.15, 0.2) is 18.2 Å². The lowest BCUT2D eigenvalue weighted by Gasteiger charge is -2.46. The first-order chi connectivity index (χ1) is 13.8. The number of hydrogen-bond donors (Lipinski definition) is 3. The highest BCUT2D eigenvalue weighted by molar-refractivity contribution is 7.22. The van der Waals surface area contributed by atoms with E-state index in [1.807, 2.05) is 12.1 Å². The van der Waals surface area contributed by atoms with Crippen molar-refractivity contribution >= 4 is 38.7 Å². The van der Waals surface area contributed by atoms with Gasteiger partial charge in [0.2, 0.25) is 0 Å². The summed E-state index contributed by atoms with van der Waals surface area (Å²) in [4.78, 5) is 29.7. The maximum atomic E-state index is 12.6. The van der Waals surface area contributed by atoms with Crippen molar-refractivity contribution in [3.8, 4) is 0 Å². The first-order valence-corrected chi connectivity index (χ1v) is 10.7. The number of thiazole rings is 1. The van der Waals surface area contributed by atoms with Crippen molar-refractivity contribution in [1.82, 2.24) is 15.2 Å². The fourth-order valence-electron chi connectivity index (χ4n) is 5.64. The molecule has 3 unspecified atom stereocenters.